The molecule has 144 valence electrons. The molecular formula is C16H20F3N3O3S. The zero-order valence-electron chi connectivity index (χ0n) is 14.4. The highest BCUT2D eigenvalue weighted by Crippen LogP contribution is 2.24. The van der Waals surface area contributed by atoms with Gasteiger partial charge in [0.25, 0.3) is 5.91 Å². The molecular weight excluding hydrogens is 371 g/mol. The first-order valence-corrected chi connectivity index (χ1v) is 9.21. The molecule has 1 aromatic heterocycles. The van der Waals surface area contributed by atoms with Crippen molar-refractivity contribution in [2.45, 2.75) is 38.5 Å². The minimum atomic E-state index is -4.46. The van der Waals surface area contributed by atoms with Gasteiger partial charge in [-0.25, -0.2) is 4.98 Å². The van der Waals surface area contributed by atoms with Gasteiger partial charge < -0.3 is 15.0 Å². The number of hydrogen-bond acceptors (Lipinski definition) is 5. The topological polar surface area (TPSA) is 71.5 Å². The van der Waals surface area contributed by atoms with Crippen molar-refractivity contribution in [2.24, 2.45) is 0 Å². The van der Waals surface area contributed by atoms with Crippen LogP contribution in [-0.4, -0.2) is 58.2 Å². The maximum Gasteiger partial charge on any atom is 0.422 e. The van der Waals surface area contributed by atoms with Crippen molar-refractivity contribution in [3.8, 4) is 5.88 Å². The molecule has 0 bridgehead atoms. The Morgan fingerprint density at radius 2 is 2.19 bits per heavy atom. The van der Waals surface area contributed by atoms with Crippen LogP contribution in [0.3, 0.4) is 0 Å². The van der Waals surface area contributed by atoms with E-state index in [1.54, 1.807) is 0 Å². The Morgan fingerprint density at radius 3 is 2.77 bits per heavy atom. The second kappa shape index (κ2) is 8.61. The standard InChI is InChI=1S/C16H20F3N3O3S/c1-3-10(2)21-14(23)12-7-26-9-22(12)15(24)11-4-5-13(20-6-11)25-8-16(17,18)19/h4-6,10,12H,3,7-9H2,1-2H3,(H,21,23). The largest absolute Gasteiger partial charge is 0.468 e. The minimum absolute atomic E-state index is 0.0109. The fraction of sp³-hybridized carbons (Fsp3) is 0.562. The average molecular weight is 391 g/mol. The second-order valence-corrected chi connectivity index (χ2v) is 6.90. The molecule has 2 rings (SSSR count). The van der Waals surface area contributed by atoms with Gasteiger partial charge in [-0.15, -0.1) is 11.8 Å². The molecule has 1 N–H and O–H groups in total. The Hall–Kier alpha value is -1.97. The van der Waals surface area contributed by atoms with Gasteiger partial charge in [0.1, 0.15) is 6.04 Å². The summed E-state index contributed by atoms with van der Waals surface area (Å²) in [7, 11) is 0. The fourth-order valence-electron chi connectivity index (χ4n) is 2.21. The van der Waals surface area contributed by atoms with E-state index < -0.39 is 24.7 Å². The molecule has 1 saturated heterocycles. The molecule has 2 amide bonds. The number of carbonyl (C=O) groups is 2. The van der Waals surface area contributed by atoms with Crippen LogP contribution >= 0.6 is 11.8 Å². The van der Waals surface area contributed by atoms with Crippen LogP contribution in [-0.2, 0) is 4.79 Å². The van der Waals surface area contributed by atoms with Gasteiger partial charge in [-0.1, -0.05) is 6.92 Å². The van der Waals surface area contributed by atoms with Crippen LogP contribution in [0.15, 0.2) is 18.3 Å². The predicted octanol–water partition coefficient (Wildman–Crippen LogP) is 2.45. The van der Waals surface area contributed by atoms with Crippen molar-refractivity contribution in [3.05, 3.63) is 23.9 Å². The van der Waals surface area contributed by atoms with Gasteiger partial charge in [-0.2, -0.15) is 13.2 Å². The molecule has 1 aliphatic rings. The first-order chi connectivity index (χ1) is 12.2. The fourth-order valence-corrected chi connectivity index (χ4v) is 3.37. The van der Waals surface area contributed by atoms with Crippen LogP contribution in [0.4, 0.5) is 13.2 Å². The Labute approximate surface area is 153 Å². The van der Waals surface area contributed by atoms with Gasteiger partial charge in [-0.3, -0.25) is 9.59 Å². The number of amides is 2. The molecule has 10 heteroatoms. The lowest BCUT2D eigenvalue weighted by Gasteiger charge is -2.24. The third kappa shape index (κ3) is 5.52. The van der Waals surface area contributed by atoms with Crippen molar-refractivity contribution >= 4 is 23.6 Å². The normalized spacial score (nSPS) is 18.5. The maximum atomic E-state index is 12.6. The Kier molecular flexibility index (Phi) is 6.74. The van der Waals surface area contributed by atoms with E-state index in [2.05, 4.69) is 15.0 Å². The van der Waals surface area contributed by atoms with E-state index in [0.29, 0.717) is 11.6 Å². The number of halogens is 3. The highest BCUT2D eigenvalue weighted by atomic mass is 32.2. The van der Waals surface area contributed by atoms with Crippen LogP contribution in [0.5, 0.6) is 5.88 Å². The monoisotopic (exact) mass is 391 g/mol. The van der Waals surface area contributed by atoms with Crippen LogP contribution in [0.1, 0.15) is 30.6 Å². The highest BCUT2D eigenvalue weighted by Gasteiger charge is 2.35. The van der Waals surface area contributed by atoms with Crippen LogP contribution < -0.4 is 10.1 Å². The number of thioether (sulfide) groups is 1. The molecule has 2 atom stereocenters. The summed E-state index contributed by atoms with van der Waals surface area (Å²) in [6, 6.07) is 1.98. The molecule has 0 radical (unpaired) electrons. The molecule has 0 aliphatic carbocycles. The van der Waals surface area contributed by atoms with E-state index in [4.69, 9.17) is 0 Å². The third-order valence-corrected chi connectivity index (χ3v) is 4.83. The summed E-state index contributed by atoms with van der Waals surface area (Å²) in [6.45, 7) is 2.38. The maximum absolute atomic E-state index is 12.6. The number of rotatable bonds is 6. The van der Waals surface area contributed by atoms with Crippen molar-refractivity contribution in [3.63, 3.8) is 0 Å². The van der Waals surface area contributed by atoms with Crippen LogP contribution in [0.2, 0.25) is 0 Å². The van der Waals surface area contributed by atoms with Crippen molar-refractivity contribution < 1.29 is 27.5 Å². The number of pyridine rings is 1. The van der Waals surface area contributed by atoms with Crippen molar-refractivity contribution in [2.75, 3.05) is 18.2 Å². The lowest BCUT2D eigenvalue weighted by molar-refractivity contribution is -0.154. The molecule has 0 saturated carbocycles. The van der Waals surface area contributed by atoms with Crippen molar-refractivity contribution in [1.82, 2.24) is 15.2 Å². The van der Waals surface area contributed by atoms with Gasteiger partial charge in [0.2, 0.25) is 11.8 Å². The molecule has 2 unspecified atom stereocenters. The Bertz CT molecular complexity index is 640. The Balaban J connectivity index is 2.02. The van der Waals surface area contributed by atoms with Gasteiger partial charge in [0.15, 0.2) is 6.61 Å². The first kappa shape index (κ1) is 20.3. The van der Waals surface area contributed by atoms with Crippen LogP contribution in [0.25, 0.3) is 0 Å². The summed E-state index contributed by atoms with van der Waals surface area (Å²) in [6.07, 6.45) is -2.53. The summed E-state index contributed by atoms with van der Waals surface area (Å²) >= 11 is 1.46. The molecule has 1 aliphatic heterocycles. The zero-order chi connectivity index (χ0) is 19.3. The summed E-state index contributed by atoms with van der Waals surface area (Å²) in [5, 5.41) is 2.86. The van der Waals surface area contributed by atoms with Gasteiger partial charge in [0.05, 0.1) is 11.4 Å². The smallest absolute Gasteiger partial charge is 0.422 e. The highest BCUT2D eigenvalue weighted by molar-refractivity contribution is 7.99. The lowest BCUT2D eigenvalue weighted by Crippen LogP contribution is -2.49. The molecule has 1 aromatic rings. The molecule has 0 spiro atoms. The lowest BCUT2D eigenvalue weighted by atomic mass is 10.2. The van der Waals surface area contributed by atoms with Gasteiger partial charge >= 0.3 is 6.18 Å². The number of nitrogens with one attached hydrogen (secondary N) is 1. The van der Waals surface area contributed by atoms with Gasteiger partial charge in [0, 0.05) is 24.1 Å². The van der Waals surface area contributed by atoms with Gasteiger partial charge in [-0.05, 0) is 19.4 Å². The minimum Gasteiger partial charge on any atom is -0.468 e. The summed E-state index contributed by atoms with van der Waals surface area (Å²) < 4.78 is 40.9. The molecule has 1 fully saturated rings. The summed E-state index contributed by atoms with van der Waals surface area (Å²) in [4.78, 5) is 30.1. The third-order valence-electron chi connectivity index (χ3n) is 3.81. The predicted molar refractivity (Wildman–Crippen MR) is 91.0 cm³/mol. The number of alkyl halides is 3. The van der Waals surface area contributed by atoms with E-state index in [0.717, 1.165) is 12.6 Å². The summed E-state index contributed by atoms with van der Waals surface area (Å²) in [5.41, 5.74) is 0.188. The summed E-state index contributed by atoms with van der Waals surface area (Å²) in [5.74, 6) is 0.0310. The number of aromatic nitrogens is 1. The molecule has 0 aromatic carbocycles. The van der Waals surface area contributed by atoms with E-state index in [1.165, 1.54) is 28.8 Å². The average Bonchev–Trinajstić information content (AvgIpc) is 3.08. The molecule has 6 nitrogen and oxygen atoms in total. The van der Waals surface area contributed by atoms with Crippen molar-refractivity contribution in [1.29, 1.82) is 0 Å². The number of nitrogens with zero attached hydrogens (tertiary/aromatic N) is 2. The van der Waals surface area contributed by atoms with E-state index >= 15 is 0 Å². The molecule has 26 heavy (non-hydrogen) atoms. The van der Waals surface area contributed by atoms with E-state index in [9.17, 15) is 22.8 Å². The number of ether oxygens (including phenoxy) is 1. The van der Waals surface area contributed by atoms with E-state index in [-0.39, 0.29) is 23.4 Å². The SMILES string of the molecule is CCC(C)NC(=O)C1CSCN1C(=O)c1ccc(OCC(F)(F)F)nc1. The Morgan fingerprint density at radius 1 is 1.46 bits per heavy atom. The molecule has 2 heterocycles. The number of carbonyl (C=O) groups excluding carboxylic acids is 2. The second-order valence-electron chi connectivity index (χ2n) is 5.90. The van der Waals surface area contributed by atoms with E-state index in [1.807, 2.05) is 13.8 Å². The quantitative estimate of drug-likeness (QED) is 0.807. The first-order valence-electron chi connectivity index (χ1n) is 8.06. The number of hydrogen-bond donors (Lipinski definition) is 1. The van der Waals surface area contributed by atoms with Crippen LogP contribution in [0, 0.1) is 0 Å². The zero-order valence-corrected chi connectivity index (χ0v) is 15.2.